The Morgan fingerprint density at radius 2 is 1.58 bits per heavy atom. The van der Waals surface area contributed by atoms with Gasteiger partial charge < -0.3 is 24.7 Å². The Morgan fingerprint density at radius 1 is 0.917 bits per heavy atom. The van der Waals surface area contributed by atoms with Crippen LogP contribution in [0.2, 0.25) is 0 Å². The number of aromatic nitrogens is 1. The van der Waals surface area contributed by atoms with Crippen LogP contribution in [0, 0.1) is 5.92 Å². The molecule has 1 aromatic heterocycles. The third kappa shape index (κ3) is 9.88. The van der Waals surface area contributed by atoms with Gasteiger partial charge in [0, 0.05) is 38.6 Å². The minimum atomic E-state index is 0. The Balaban J connectivity index is 0.00000306. The van der Waals surface area contributed by atoms with E-state index in [-0.39, 0.29) is 42.7 Å². The smallest absolute Gasteiger partial charge is 0.161 e. The summed E-state index contributed by atoms with van der Waals surface area (Å²) in [6.45, 7) is 7.21. The molecule has 0 spiro atoms. The fraction of sp³-hybridized carbons (Fsp3) is 0.593. The molecule has 6 nitrogen and oxygen atoms in total. The maximum atomic E-state index is 5.53. The number of hydrogen-bond donors (Lipinski definition) is 0. The van der Waals surface area contributed by atoms with Crippen molar-refractivity contribution < 1.29 is 14.9 Å². The largest absolute Gasteiger partial charge is 0.493 e. The van der Waals surface area contributed by atoms with Crippen molar-refractivity contribution in [3.63, 3.8) is 0 Å². The zero-order chi connectivity index (χ0) is 22.2. The number of pyridine rings is 1. The predicted molar refractivity (Wildman–Crippen MR) is 155 cm³/mol. The molecule has 2 aliphatic heterocycles. The molecular weight excluding hydrogens is 521 g/mol. The van der Waals surface area contributed by atoms with Crippen LogP contribution in [0.15, 0.2) is 36.7 Å². The van der Waals surface area contributed by atoms with E-state index in [9.17, 15) is 0 Å². The molecule has 0 amide bonds. The number of fused-ring (bicyclic) bond motifs is 1. The number of likely N-dealkylation sites (tertiary alicyclic amines) is 1. The Labute approximate surface area is 235 Å². The molecule has 3 heterocycles. The molecule has 0 bridgehead atoms. The van der Waals surface area contributed by atoms with Gasteiger partial charge in [-0.25, -0.2) is 0 Å². The van der Waals surface area contributed by atoms with Crippen molar-refractivity contribution >= 4 is 37.2 Å². The molecule has 0 radical (unpaired) electrons. The molecule has 1 fully saturated rings. The summed E-state index contributed by atoms with van der Waals surface area (Å²) in [6.07, 6.45) is 12.5. The second kappa shape index (κ2) is 18.1. The summed E-state index contributed by atoms with van der Waals surface area (Å²) in [6, 6.07) is 8.62. The topological polar surface area (TPSA) is 69.3 Å². The van der Waals surface area contributed by atoms with Crippen LogP contribution >= 0.6 is 37.2 Å². The molecule has 9 heteroatoms. The number of rotatable bonds is 8. The molecule has 2 aliphatic rings. The minimum Gasteiger partial charge on any atom is -0.493 e. The molecule has 2 aromatic rings. The van der Waals surface area contributed by atoms with E-state index < -0.39 is 0 Å². The average molecular weight is 565 g/mol. The van der Waals surface area contributed by atoms with Crippen LogP contribution in [0.5, 0.6) is 11.5 Å². The lowest BCUT2D eigenvalue weighted by molar-refractivity contribution is 0.187. The van der Waals surface area contributed by atoms with E-state index in [1.54, 1.807) is 14.2 Å². The monoisotopic (exact) mass is 563 g/mol. The summed E-state index contributed by atoms with van der Waals surface area (Å²) < 4.78 is 11.1. The van der Waals surface area contributed by atoms with Gasteiger partial charge in [0.25, 0.3) is 0 Å². The quantitative estimate of drug-likeness (QED) is 0.466. The maximum absolute atomic E-state index is 5.53. The Kier molecular flexibility index (Phi) is 17.4. The number of benzene rings is 1. The van der Waals surface area contributed by atoms with Gasteiger partial charge in [0.2, 0.25) is 0 Å². The molecule has 0 aliphatic carbocycles. The highest BCUT2D eigenvalue weighted by molar-refractivity contribution is 5.86. The molecule has 1 saturated heterocycles. The molecule has 0 saturated carbocycles. The molecular formula is C27H44Cl3N3O3. The standard InChI is InChI=1S/C27H39N3O2.3ClH.H2O/c1-31-26-17-24-10-15-30(16-11-25(24)18-27(26)32-2)21-23-7-3-4-13-29(20-23)14-6-9-22-8-5-12-28-19-22;;;;/h5,8,12,17-19,23H,3-4,6-7,9-11,13-16,20-21H2,1-2H3;3*1H;1H2. The van der Waals surface area contributed by atoms with Crippen LogP contribution in [-0.4, -0.2) is 73.7 Å². The highest BCUT2D eigenvalue weighted by Gasteiger charge is 2.23. The van der Waals surface area contributed by atoms with E-state index in [0.29, 0.717) is 0 Å². The number of methoxy groups -OCH3 is 2. The first-order valence-electron chi connectivity index (χ1n) is 12.3. The first kappa shape index (κ1) is 34.7. The first-order chi connectivity index (χ1) is 15.7. The molecule has 1 aromatic carbocycles. The van der Waals surface area contributed by atoms with Gasteiger partial charge in [-0.15, -0.1) is 37.2 Å². The van der Waals surface area contributed by atoms with E-state index in [1.807, 2.05) is 18.5 Å². The molecule has 1 unspecified atom stereocenters. The van der Waals surface area contributed by atoms with Gasteiger partial charge in [-0.05, 0) is 92.4 Å². The Morgan fingerprint density at radius 3 is 2.17 bits per heavy atom. The molecule has 36 heavy (non-hydrogen) atoms. The number of nitrogens with zero attached hydrogens (tertiary/aromatic N) is 3. The van der Waals surface area contributed by atoms with Crippen LogP contribution in [0.4, 0.5) is 0 Å². The van der Waals surface area contributed by atoms with Crippen molar-refractivity contribution in [3.8, 4) is 11.5 Å². The molecule has 2 N–H and O–H groups in total. The summed E-state index contributed by atoms with van der Waals surface area (Å²) >= 11 is 0. The van der Waals surface area contributed by atoms with Gasteiger partial charge in [0.15, 0.2) is 11.5 Å². The van der Waals surface area contributed by atoms with Gasteiger partial charge in [-0.2, -0.15) is 0 Å². The lowest BCUT2D eigenvalue weighted by atomic mass is 10.0. The zero-order valence-corrected chi connectivity index (χ0v) is 24.1. The van der Waals surface area contributed by atoms with E-state index >= 15 is 0 Å². The Bertz CT molecular complexity index is 826. The lowest BCUT2D eigenvalue weighted by Crippen LogP contribution is -2.37. The normalized spacial score (nSPS) is 18.0. The van der Waals surface area contributed by atoms with E-state index in [4.69, 9.17) is 9.47 Å². The van der Waals surface area contributed by atoms with Crippen molar-refractivity contribution in [2.24, 2.45) is 5.92 Å². The highest BCUT2D eigenvalue weighted by Crippen LogP contribution is 2.32. The van der Waals surface area contributed by atoms with Gasteiger partial charge in [-0.3, -0.25) is 4.98 Å². The maximum Gasteiger partial charge on any atom is 0.161 e. The highest BCUT2D eigenvalue weighted by atomic mass is 35.5. The second-order valence-electron chi connectivity index (χ2n) is 9.40. The van der Waals surface area contributed by atoms with Gasteiger partial charge in [0.1, 0.15) is 0 Å². The van der Waals surface area contributed by atoms with E-state index in [0.717, 1.165) is 49.8 Å². The number of ether oxygens (including phenoxy) is 2. The lowest BCUT2D eigenvalue weighted by Gasteiger charge is -2.29. The van der Waals surface area contributed by atoms with Crippen LogP contribution in [0.1, 0.15) is 42.4 Å². The van der Waals surface area contributed by atoms with Crippen molar-refractivity contribution in [1.29, 1.82) is 0 Å². The van der Waals surface area contributed by atoms with Crippen LogP contribution in [0.3, 0.4) is 0 Å². The van der Waals surface area contributed by atoms with Crippen molar-refractivity contribution in [3.05, 3.63) is 53.3 Å². The fourth-order valence-corrected chi connectivity index (χ4v) is 5.37. The van der Waals surface area contributed by atoms with Gasteiger partial charge in [-0.1, -0.05) is 12.5 Å². The summed E-state index contributed by atoms with van der Waals surface area (Å²) in [5.74, 6) is 2.48. The number of halogens is 3. The van der Waals surface area contributed by atoms with E-state index in [2.05, 4.69) is 33.0 Å². The van der Waals surface area contributed by atoms with Crippen molar-refractivity contribution in [1.82, 2.24) is 14.8 Å². The van der Waals surface area contributed by atoms with Gasteiger partial charge >= 0.3 is 0 Å². The zero-order valence-electron chi connectivity index (χ0n) is 21.6. The minimum absolute atomic E-state index is 0. The van der Waals surface area contributed by atoms with Crippen molar-refractivity contribution in [2.75, 3.05) is 53.5 Å². The van der Waals surface area contributed by atoms with Crippen LogP contribution < -0.4 is 9.47 Å². The SMILES string of the molecule is COc1cc2c(cc1OC)CCN(CC1CCCCN(CCCc3cccnc3)C1)CC2.Cl.Cl.Cl.O. The second-order valence-corrected chi connectivity index (χ2v) is 9.40. The van der Waals surface area contributed by atoms with E-state index in [1.165, 1.54) is 68.6 Å². The summed E-state index contributed by atoms with van der Waals surface area (Å²) in [5, 5.41) is 0. The van der Waals surface area contributed by atoms with Crippen molar-refractivity contribution in [2.45, 2.75) is 44.9 Å². The summed E-state index contributed by atoms with van der Waals surface area (Å²) in [7, 11) is 3.45. The van der Waals surface area contributed by atoms with Crippen LogP contribution in [0.25, 0.3) is 0 Å². The number of aryl methyl sites for hydroxylation is 1. The summed E-state index contributed by atoms with van der Waals surface area (Å²) in [4.78, 5) is 9.67. The third-order valence-electron chi connectivity index (χ3n) is 7.13. The first-order valence-corrected chi connectivity index (χ1v) is 12.3. The number of hydrogen-bond acceptors (Lipinski definition) is 5. The Hall–Kier alpha value is -1.28. The van der Waals surface area contributed by atoms with Crippen LogP contribution in [-0.2, 0) is 19.3 Å². The summed E-state index contributed by atoms with van der Waals surface area (Å²) in [5.41, 5.74) is 4.20. The van der Waals surface area contributed by atoms with Gasteiger partial charge in [0.05, 0.1) is 14.2 Å². The molecule has 1 atom stereocenters. The third-order valence-corrected chi connectivity index (χ3v) is 7.13. The molecule has 4 rings (SSSR count). The average Bonchev–Trinajstić information content (AvgIpc) is 3.17. The predicted octanol–water partition coefficient (Wildman–Crippen LogP) is 4.68. The molecule has 206 valence electrons. The fourth-order valence-electron chi connectivity index (χ4n) is 5.37.